The van der Waals surface area contributed by atoms with Gasteiger partial charge in [0.2, 0.25) is 5.91 Å². The highest BCUT2D eigenvalue weighted by Gasteiger charge is 2.10. The molecule has 1 heterocycles. The molecule has 1 atom stereocenters. The maximum Gasteiger partial charge on any atom is 0.230 e. The Balaban J connectivity index is 2.14. The fourth-order valence-corrected chi connectivity index (χ4v) is 2.06. The van der Waals surface area contributed by atoms with E-state index in [4.69, 9.17) is 0 Å². The van der Waals surface area contributed by atoms with Crippen LogP contribution in [0.2, 0.25) is 0 Å². The van der Waals surface area contributed by atoms with Crippen LogP contribution in [-0.2, 0) is 10.5 Å². The molecule has 0 aliphatic carbocycles. The lowest BCUT2D eigenvalue weighted by atomic mass is 10.1. The lowest BCUT2D eigenvalue weighted by molar-refractivity contribution is -0.119. The number of aromatic nitrogens is 1. The van der Waals surface area contributed by atoms with Crippen LogP contribution in [0, 0.1) is 5.92 Å². The summed E-state index contributed by atoms with van der Waals surface area (Å²) >= 11 is 1.55. The summed E-state index contributed by atoms with van der Waals surface area (Å²) in [6.07, 6.45) is 3.02. The lowest BCUT2D eigenvalue weighted by Gasteiger charge is -2.14. The van der Waals surface area contributed by atoms with Crippen LogP contribution >= 0.6 is 11.8 Å². The molecular formula is C13H20N2O2S. The Bertz CT molecular complexity index is 357. The Kier molecular flexibility index (Phi) is 6.75. The third kappa shape index (κ3) is 6.02. The van der Waals surface area contributed by atoms with E-state index in [9.17, 15) is 9.90 Å². The molecule has 0 fully saturated rings. The summed E-state index contributed by atoms with van der Waals surface area (Å²) in [5.74, 6) is 1.33. The van der Waals surface area contributed by atoms with E-state index in [-0.39, 0.29) is 11.8 Å². The van der Waals surface area contributed by atoms with E-state index in [1.807, 2.05) is 26.0 Å². The second kappa shape index (κ2) is 8.11. The van der Waals surface area contributed by atoms with Gasteiger partial charge in [0.1, 0.15) is 0 Å². The average Bonchev–Trinajstić information content (AvgIpc) is 2.37. The fourth-order valence-electron chi connectivity index (χ4n) is 1.25. The number of thioether (sulfide) groups is 1. The molecule has 1 unspecified atom stereocenters. The number of amides is 1. The first kappa shape index (κ1) is 15.0. The number of pyridine rings is 1. The van der Waals surface area contributed by atoms with Crippen molar-refractivity contribution in [2.45, 2.75) is 25.7 Å². The number of carbonyl (C=O) groups is 1. The number of aliphatic hydroxyl groups excluding tert-OH is 1. The molecule has 2 N–H and O–H groups in total. The topological polar surface area (TPSA) is 62.2 Å². The fraction of sp³-hybridized carbons (Fsp3) is 0.538. The van der Waals surface area contributed by atoms with Gasteiger partial charge in [0.15, 0.2) is 0 Å². The predicted octanol–water partition coefficient (Wildman–Crippen LogP) is 1.45. The molecule has 0 spiro atoms. The Morgan fingerprint density at radius 1 is 1.44 bits per heavy atom. The average molecular weight is 268 g/mol. The van der Waals surface area contributed by atoms with E-state index >= 15 is 0 Å². The third-order valence-electron chi connectivity index (χ3n) is 2.53. The second-order valence-electron chi connectivity index (χ2n) is 4.46. The van der Waals surface area contributed by atoms with Gasteiger partial charge in [-0.15, -0.1) is 11.8 Å². The number of carbonyl (C=O) groups excluding carboxylic acids is 1. The largest absolute Gasteiger partial charge is 0.391 e. The van der Waals surface area contributed by atoms with Crippen LogP contribution in [0.25, 0.3) is 0 Å². The van der Waals surface area contributed by atoms with Crippen LogP contribution in [0.3, 0.4) is 0 Å². The van der Waals surface area contributed by atoms with Gasteiger partial charge < -0.3 is 10.4 Å². The van der Waals surface area contributed by atoms with E-state index < -0.39 is 6.10 Å². The Morgan fingerprint density at radius 2 is 2.11 bits per heavy atom. The van der Waals surface area contributed by atoms with Gasteiger partial charge >= 0.3 is 0 Å². The minimum absolute atomic E-state index is 0.0336. The van der Waals surface area contributed by atoms with Gasteiger partial charge in [0.25, 0.3) is 0 Å². The molecule has 0 saturated heterocycles. The molecule has 1 aromatic rings. The first-order valence-corrected chi connectivity index (χ1v) is 7.16. The molecule has 1 aromatic heterocycles. The summed E-state index contributed by atoms with van der Waals surface area (Å²) in [7, 11) is 0. The minimum atomic E-state index is -0.473. The highest BCUT2D eigenvalue weighted by molar-refractivity contribution is 7.99. The summed E-state index contributed by atoms with van der Waals surface area (Å²) in [5.41, 5.74) is 1.16. The zero-order chi connectivity index (χ0) is 13.4. The van der Waals surface area contributed by atoms with Crippen molar-refractivity contribution in [1.82, 2.24) is 10.3 Å². The highest BCUT2D eigenvalue weighted by atomic mass is 32.2. The minimum Gasteiger partial charge on any atom is -0.391 e. The molecule has 4 nitrogen and oxygen atoms in total. The van der Waals surface area contributed by atoms with Crippen LogP contribution in [0.1, 0.15) is 19.4 Å². The summed E-state index contributed by atoms with van der Waals surface area (Å²) in [6.45, 7) is 4.18. The first-order valence-electron chi connectivity index (χ1n) is 6.01. The Labute approximate surface area is 112 Å². The van der Waals surface area contributed by atoms with E-state index in [0.717, 1.165) is 11.3 Å². The molecule has 5 heteroatoms. The smallest absolute Gasteiger partial charge is 0.230 e. The van der Waals surface area contributed by atoms with Crippen LogP contribution in [0.4, 0.5) is 0 Å². The van der Waals surface area contributed by atoms with Gasteiger partial charge in [-0.2, -0.15) is 0 Å². The normalized spacial score (nSPS) is 12.4. The van der Waals surface area contributed by atoms with Crippen LogP contribution in [0.15, 0.2) is 24.5 Å². The van der Waals surface area contributed by atoms with Crippen molar-refractivity contribution in [1.29, 1.82) is 0 Å². The molecule has 100 valence electrons. The summed E-state index contributed by atoms with van der Waals surface area (Å²) in [5, 5.41) is 12.3. The monoisotopic (exact) mass is 268 g/mol. The van der Waals surface area contributed by atoms with Crippen molar-refractivity contribution in [3.8, 4) is 0 Å². The molecule has 0 aliphatic heterocycles. The molecular weight excluding hydrogens is 248 g/mol. The van der Waals surface area contributed by atoms with Crippen LogP contribution < -0.4 is 5.32 Å². The maximum atomic E-state index is 11.5. The van der Waals surface area contributed by atoms with Gasteiger partial charge in [-0.3, -0.25) is 9.78 Å². The number of nitrogens with zero attached hydrogens (tertiary/aromatic N) is 1. The number of nitrogens with one attached hydrogen (secondary N) is 1. The number of aliphatic hydroxyl groups is 1. The molecule has 0 saturated carbocycles. The van der Waals surface area contributed by atoms with Crippen molar-refractivity contribution in [2.24, 2.45) is 5.92 Å². The van der Waals surface area contributed by atoms with Crippen LogP contribution in [-0.4, -0.2) is 34.4 Å². The predicted molar refractivity (Wildman–Crippen MR) is 74.3 cm³/mol. The van der Waals surface area contributed by atoms with Gasteiger partial charge in [-0.05, 0) is 23.6 Å². The first-order chi connectivity index (χ1) is 8.59. The van der Waals surface area contributed by atoms with Gasteiger partial charge in [0, 0.05) is 24.7 Å². The van der Waals surface area contributed by atoms with E-state index in [0.29, 0.717) is 12.3 Å². The van der Waals surface area contributed by atoms with Crippen LogP contribution in [0.5, 0.6) is 0 Å². The molecule has 0 radical (unpaired) electrons. The zero-order valence-corrected chi connectivity index (χ0v) is 11.6. The highest BCUT2D eigenvalue weighted by Crippen LogP contribution is 2.10. The lowest BCUT2D eigenvalue weighted by Crippen LogP contribution is -2.35. The van der Waals surface area contributed by atoms with E-state index in [1.165, 1.54) is 0 Å². The third-order valence-corrected chi connectivity index (χ3v) is 3.53. The molecule has 18 heavy (non-hydrogen) atoms. The maximum absolute atomic E-state index is 11.5. The molecule has 0 aromatic carbocycles. The van der Waals surface area contributed by atoms with Crippen molar-refractivity contribution in [2.75, 3.05) is 12.3 Å². The van der Waals surface area contributed by atoms with Crippen molar-refractivity contribution in [3.63, 3.8) is 0 Å². The van der Waals surface area contributed by atoms with E-state index in [1.54, 1.807) is 24.2 Å². The Morgan fingerprint density at radius 3 is 2.72 bits per heavy atom. The summed E-state index contributed by atoms with van der Waals surface area (Å²) in [4.78, 5) is 15.4. The van der Waals surface area contributed by atoms with E-state index in [2.05, 4.69) is 10.3 Å². The van der Waals surface area contributed by atoms with Crippen molar-refractivity contribution < 1.29 is 9.90 Å². The number of hydrogen-bond acceptors (Lipinski definition) is 4. The summed E-state index contributed by atoms with van der Waals surface area (Å²) in [6, 6.07) is 3.88. The second-order valence-corrected chi connectivity index (χ2v) is 5.45. The SMILES string of the molecule is CC(C)C(O)CNC(=O)CSCc1ccncc1. The molecule has 1 amide bonds. The molecule has 1 rings (SSSR count). The standard InChI is InChI=1S/C13H20N2O2S/c1-10(2)12(16)7-15-13(17)9-18-8-11-3-5-14-6-4-11/h3-6,10,12,16H,7-9H2,1-2H3,(H,15,17). The molecule has 0 bridgehead atoms. The zero-order valence-electron chi connectivity index (χ0n) is 10.8. The number of rotatable bonds is 7. The van der Waals surface area contributed by atoms with Crippen molar-refractivity contribution >= 4 is 17.7 Å². The van der Waals surface area contributed by atoms with Crippen molar-refractivity contribution in [3.05, 3.63) is 30.1 Å². The number of hydrogen-bond donors (Lipinski definition) is 2. The molecule has 0 aliphatic rings. The van der Waals surface area contributed by atoms with Gasteiger partial charge in [0.05, 0.1) is 11.9 Å². The van der Waals surface area contributed by atoms with Gasteiger partial charge in [-0.25, -0.2) is 0 Å². The Hall–Kier alpha value is -1.07. The quantitative estimate of drug-likeness (QED) is 0.785. The van der Waals surface area contributed by atoms with Gasteiger partial charge in [-0.1, -0.05) is 13.8 Å². The summed E-state index contributed by atoms with van der Waals surface area (Å²) < 4.78 is 0.